The molecule has 2 rings (SSSR count). The number of nitrogens with zero attached hydrogens (tertiary/aromatic N) is 4. The van der Waals surface area contributed by atoms with E-state index >= 15 is 0 Å². The minimum absolute atomic E-state index is 0.406. The highest BCUT2D eigenvalue weighted by atomic mass is 15.3. The van der Waals surface area contributed by atoms with Crippen molar-refractivity contribution in [1.82, 2.24) is 15.3 Å². The fourth-order valence-electron chi connectivity index (χ4n) is 2.16. The number of guanidine groups is 1. The zero-order chi connectivity index (χ0) is 14.4. The summed E-state index contributed by atoms with van der Waals surface area (Å²) in [4.78, 5) is 15.6. The van der Waals surface area contributed by atoms with Crippen molar-refractivity contribution >= 4 is 11.9 Å². The van der Waals surface area contributed by atoms with Crippen LogP contribution in [0.5, 0.6) is 0 Å². The topological polar surface area (TPSA) is 79.4 Å². The molecule has 0 aromatic carbocycles. The molecule has 1 aliphatic rings. The Morgan fingerprint density at radius 2 is 2.25 bits per heavy atom. The standard InChI is InChI=1S/C14H22N6/c1-3-6-16-13(15)17-10-12-9-11(2)18-14(19-12)20-7-4-5-8-20/h3,9H,1,4-8,10H2,2H3,(H3,15,16,17). The number of aliphatic imine (C=N–C) groups is 1. The van der Waals surface area contributed by atoms with Gasteiger partial charge < -0.3 is 16.0 Å². The molecule has 0 amide bonds. The number of hydrogen-bond acceptors (Lipinski definition) is 4. The molecule has 1 saturated heterocycles. The highest BCUT2D eigenvalue weighted by Crippen LogP contribution is 2.16. The van der Waals surface area contributed by atoms with Gasteiger partial charge in [-0.15, -0.1) is 6.58 Å². The molecule has 2 heterocycles. The van der Waals surface area contributed by atoms with Gasteiger partial charge in [0, 0.05) is 25.3 Å². The van der Waals surface area contributed by atoms with Crippen molar-refractivity contribution in [3.8, 4) is 0 Å². The molecule has 6 nitrogen and oxygen atoms in total. The molecule has 0 radical (unpaired) electrons. The molecule has 1 aromatic heterocycles. The summed E-state index contributed by atoms with van der Waals surface area (Å²) in [5.41, 5.74) is 7.60. The van der Waals surface area contributed by atoms with Gasteiger partial charge in [-0.05, 0) is 25.8 Å². The monoisotopic (exact) mass is 274 g/mol. The zero-order valence-corrected chi connectivity index (χ0v) is 12.0. The summed E-state index contributed by atoms with van der Waals surface area (Å²) in [5, 5.41) is 2.94. The van der Waals surface area contributed by atoms with Gasteiger partial charge in [-0.25, -0.2) is 15.0 Å². The third-order valence-corrected chi connectivity index (χ3v) is 3.12. The van der Waals surface area contributed by atoms with E-state index in [0.717, 1.165) is 30.4 Å². The SMILES string of the molecule is C=CCNC(N)=NCc1cc(C)nc(N2CCCC2)n1. The summed E-state index contributed by atoms with van der Waals surface area (Å²) in [7, 11) is 0. The van der Waals surface area contributed by atoms with Crippen LogP contribution in [0.15, 0.2) is 23.7 Å². The molecular formula is C14H22N6. The summed E-state index contributed by atoms with van der Waals surface area (Å²) in [6.07, 6.45) is 4.16. The predicted molar refractivity (Wildman–Crippen MR) is 81.7 cm³/mol. The summed E-state index contributed by atoms with van der Waals surface area (Å²) >= 11 is 0. The lowest BCUT2D eigenvalue weighted by Crippen LogP contribution is -2.31. The molecule has 20 heavy (non-hydrogen) atoms. The van der Waals surface area contributed by atoms with E-state index in [1.807, 2.05) is 13.0 Å². The molecule has 1 aliphatic heterocycles. The van der Waals surface area contributed by atoms with E-state index in [1.165, 1.54) is 12.8 Å². The summed E-state index contributed by atoms with van der Waals surface area (Å²) in [6, 6.07) is 1.95. The van der Waals surface area contributed by atoms with Gasteiger partial charge in [0.2, 0.25) is 5.95 Å². The maximum absolute atomic E-state index is 5.74. The maximum atomic E-state index is 5.74. The normalized spacial score (nSPS) is 15.4. The van der Waals surface area contributed by atoms with Crippen LogP contribution in [-0.2, 0) is 6.54 Å². The van der Waals surface area contributed by atoms with Crippen LogP contribution in [0.1, 0.15) is 24.2 Å². The molecule has 0 unspecified atom stereocenters. The number of nitrogens with one attached hydrogen (secondary N) is 1. The quantitative estimate of drug-likeness (QED) is 0.475. The largest absolute Gasteiger partial charge is 0.370 e. The Balaban J connectivity index is 2.05. The first-order valence-corrected chi connectivity index (χ1v) is 6.93. The van der Waals surface area contributed by atoms with E-state index in [1.54, 1.807) is 6.08 Å². The smallest absolute Gasteiger partial charge is 0.225 e. The van der Waals surface area contributed by atoms with Crippen molar-refractivity contribution in [1.29, 1.82) is 0 Å². The lowest BCUT2D eigenvalue weighted by molar-refractivity contribution is 0.853. The lowest BCUT2D eigenvalue weighted by atomic mass is 10.3. The van der Waals surface area contributed by atoms with Crippen LogP contribution >= 0.6 is 0 Å². The number of hydrogen-bond donors (Lipinski definition) is 2. The van der Waals surface area contributed by atoms with Gasteiger partial charge in [-0.2, -0.15) is 0 Å². The van der Waals surface area contributed by atoms with E-state index in [9.17, 15) is 0 Å². The van der Waals surface area contributed by atoms with Crippen LogP contribution in [0.4, 0.5) is 5.95 Å². The Morgan fingerprint density at radius 1 is 1.50 bits per heavy atom. The van der Waals surface area contributed by atoms with Gasteiger partial charge in [-0.3, -0.25) is 0 Å². The van der Waals surface area contributed by atoms with Crippen LogP contribution in [0, 0.1) is 6.92 Å². The number of anilines is 1. The highest BCUT2D eigenvalue weighted by molar-refractivity contribution is 5.77. The average molecular weight is 274 g/mol. The fraction of sp³-hybridized carbons (Fsp3) is 0.500. The van der Waals surface area contributed by atoms with Crippen LogP contribution in [0.2, 0.25) is 0 Å². The second kappa shape index (κ2) is 6.88. The van der Waals surface area contributed by atoms with Gasteiger partial charge in [0.25, 0.3) is 0 Å². The summed E-state index contributed by atoms with van der Waals surface area (Å²) < 4.78 is 0. The molecular weight excluding hydrogens is 252 g/mol. The minimum Gasteiger partial charge on any atom is -0.370 e. The summed E-state index contributed by atoms with van der Waals surface area (Å²) in [5.74, 6) is 1.22. The van der Waals surface area contributed by atoms with Crippen molar-refractivity contribution in [3.63, 3.8) is 0 Å². The number of nitrogens with two attached hydrogens (primary N) is 1. The molecule has 0 saturated carbocycles. The third kappa shape index (κ3) is 3.94. The van der Waals surface area contributed by atoms with E-state index < -0.39 is 0 Å². The Hall–Kier alpha value is -2.11. The number of aromatic nitrogens is 2. The highest BCUT2D eigenvalue weighted by Gasteiger charge is 2.15. The minimum atomic E-state index is 0.406. The molecule has 1 aromatic rings. The number of rotatable bonds is 5. The maximum Gasteiger partial charge on any atom is 0.225 e. The molecule has 6 heteroatoms. The molecule has 0 spiro atoms. The molecule has 0 aliphatic carbocycles. The van der Waals surface area contributed by atoms with Crippen molar-refractivity contribution in [2.75, 3.05) is 24.5 Å². The van der Waals surface area contributed by atoms with E-state index in [0.29, 0.717) is 19.0 Å². The first kappa shape index (κ1) is 14.3. The van der Waals surface area contributed by atoms with E-state index in [4.69, 9.17) is 5.73 Å². The van der Waals surface area contributed by atoms with Crippen LogP contribution < -0.4 is 16.0 Å². The fourth-order valence-corrected chi connectivity index (χ4v) is 2.16. The van der Waals surface area contributed by atoms with Crippen LogP contribution in [0.25, 0.3) is 0 Å². The van der Waals surface area contributed by atoms with Gasteiger partial charge in [0.15, 0.2) is 5.96 Å². The molecule has 108 valence electrons. The lowest BCUT2D eigenvalue weighted by Gasteiger charge is -2.16. The second-order valence-electron chi connectivity index (χ2n) is 4.87. The first-order valence-electron chi connectivity index (χ1n) is 6.93. The van der Waals surface area contributed by atoms with Crippen LogP contribution in [0.3, 0.4) is 0 Å². The number of aryl methyl sites for hydroxylation is 1. The van der Waals surface area contributed by atoms with Crippen molar-refractivity contribution < 1.29 is 0 Å². The van der Waals surface area contributed by atoms with Gasteiger partial charge in [-0.1, -0.05) is 6.08 Å². The van der Waals surface area contributed by atoms with Crippen molar-refractivity contribution in [2.24, 2.45) is 10.7 Å². The molecule has 0 bridgehead atoms. The van der Waals surface area contributed by atoms with Gasteiger partial charge >= 0.3 is 0 Å². The predicted octanol–water partition coefficient (Wildman–Crippen LogP) is 0.976. The molecule has 0 atom stereocenters. The Bertz CT molecular complexity index is 490. The van der Waals surface area contributed by atoms with Gasteiger partial charge in [0.05, 0.1) is 12.2 Å². The Kier molecular flexibility index (Phi) is 4.92. The second-order valence-corrected chi connectivity index (χ2v) is 4.87. The van der Waals surface area contributed by atoms with E-state index in [2.05, 4.69) is 31.8 Å². The van der Waals surface area contributed by atoms with E-state index in [-0.39, 0.29) is 0 Å². The average Bonchev–Trinajstić information content (AvgIpc) is 2.96. The zero-order valence-electron chi connectivity index (χ0n) is 12.0. The molecule has 3 N–H and O–H groups in total. The van der Waals surface area contributed by atoms with Crippen LogP contribution in [-0.4, -0.2) is 35.6 Å². The molecule has 1 fully saturated rings. The Labute approximate surface area is 119 Å². The van der Waals surface area contributed by atoms with Crippen molar-refractivity contribution in [2.45, 2.75) is 26.3 Å². The summed E-state index contributed by atoms with van der Waals surface area (Å²) in [6.45, 7) is 8.74. The first-order chi connectivity index (χ1) is 9.69. The van der Waals surface area contributed by atoms with Gasteiger partial charge in [0.1, 0.15) is 0 Å². The Morgan fingerprint density at radius 3 is 2.95 bits per heavy atom. The van der Waals surface area contributed by atoms with Crippen molar-refractivity contribution in [3.05, 3.63) is 30.1 Å². The third-order valence-electron chi connectivity index (χ3n) is 3.12.